The van der Waals surface area contributed by atoms with Crippen LogP contribution in [0.3, 0.4) is 0 Å². The molecule has 2 N–H and O–H groups in total. The van der Waals surface area contributed by atoms with E-state index in [1.54, 1.807) is 19.1 Å². The van der Waals surface area contributed by atoms with Gasteiger partial charge in [0.25, 0.3) is 0 Å². The highest BCUT2D eigenvalue weighted by Crippen LogP contribution is 2.30. The van der Waals surface area contributed by atoms with Crippen molar-refractivity contribution in [2.75, 3.05) is 24.3 Å². The molecule has 0 fully saturated rings. The summed E-state index contributed by atoms with van der Waals surface area (Å²) in [6, 6.07) is 6.24. The van der Waals surface area contributed by atoms with Gasteiger partial charge >= 0.3 is 0 Å². The third-order valence-corrected chi connectivity index (χ3v) is 3.48. The molecule has 0 aliphatic rings. The summed E-state index contributed by atoms with van der Waals surface area (Å²) in [5.74, 6) is -1.41. The number of nitrogens with one attached hydrogen (secondary N) is 2. The van der Waals surface area contributed by atoms with Crippen LogP contribution in [-0.2, 0) is 4.79 Å². The normalized spacial score (nSPS) is 10.3. The van der Waals surface area contributed by atoms with Crippen LogP contribution >= 0.6 is 11.6 Å². The summed E-state index contributed by atoms with van der Waals surface area (Å²) in [5.41, 5.74) is 1.42. The second-order valence-corrected chi connectivity index (χ2v) is 5.27. The Hall–Kier alpha value is -2.34. The molecule has 0 radical (unpaired) electrons. The number of methoxy groups -OCH3 is 1. The number of rotatable bonds is 5. The molecule has 23 heavy (non-hydrogen) atoms. The molecule has 122 valence electrons. The molecular weight excluding hydrogens is 326 g/mol. The van der Waals surface area contributed by atoms with Crippen molar-refractivity contribution in [2.45, 2.75) is 6.92 Å². The minimum Gasteiger partial charge on any atom is -0.495 e. The van der Waals surface area contributed by atoms with Crippen molar-refractivity contribution in [2.24, 2.45) is 0 Å². The van der Waals surface area contributed by atoms with Gasteiger partial charge < -0.3 is 15.4 Å². The molecule has 0 aliphatic carbocycles. The molecule has 0 aliphatic heterocycles. The zero-order chi connectivity index (χ0) is 17.0. The quantitative estimate of drug-likeness (QED) is 0.865. The highest BCUT2D eigenvalue weighted by atomic mass is 35.5. The van der Waals surface area contributed by atoms with Gasteiger partial charge in [0.15, 0.2) is 0 Å². The van der Waals surface area contributed by atoms with Crippen LogP contribution in [0.25, 0.3) is 0 Å². The smallest absolute Gasteiger partial charge is 0.243 e. The lowest BCUT2D eigenvalue weighted by molar-refractivity contribution is -0.114. The minimum absolute atomic E-state index is 0.159. The van der Waals surface area contributed by atoms with E-state index in [0.29, 0.717) is 16.5 Å². The number of hydrogen-bond donors (Lipinski definition) is 2. The first-order valence-electron chi connectivity index (χ1n) is 6.73. The summed E-state index contributed by atoms with van der Waals surface area (Å²) in [7, 11) is 1.46. The van der Waals surface area contributed by atoms with E-state index >= 15 is 0 Å². The first-order chi connectivity index (χ1) is 10.9. The van der Waals surface area contributed by atoms with Crippen molar-refractivity contribution >= 4 is 28.9 Å². The molecule has 0 heterocycles. The highest BCUT2D eigenvalue weighted by Gasteiger charge is 2.10. The maximum atomic E-state index is 13.1. The molecule has 1 amide bonds. The van der Waals surface area contributed by atoms with E-state index in [4.69, 9.17) is 16.3 Å². The average Bonchev–Trinajstić information content (AvgIpc) is 2.47. The molecule has 0 atom stereocenters. The van der Waals surface area contributed by atoms with Gasteiger partial charge in [-0.05, 0) is 30.7 Å². The molecule has 7 heteroatoms. The average molecular weight is 341 g/mol. The second-order valence-electron chi connectivity index (χ2n) is 4.86. The molecule has 0 saturated carbocycles. The Morgan fingerprint density at radius 3 is 2.43 bits per heavy atom. The molecule has 2 aromatic carbocycles. The Bertz CT molecular complexity index is 718. The summed E-state index contributed by atoms with van der Waals surface area (Å²) < 4.78 is 31.3. The van der Waals surface area contributed by atoms with Crippen molar-refractivity contribution in [3.05, 3.63) is 52.6 Å². The molecule has 4 nitrogen and oxygen atoms in total. The zero-order valence-electron chi connectivity index (χ0n) is 12.5. The van der Waals surface area contributed by atoms with Gasteiger partial charge in [-0.1, -0.05) is 11.6 Å². The number of hydrogen-bond acceptors (Lipinski definition) is 3. The van der Waals surface area contributed by atoms with Gasteiger partial charge in [-0.2, -0.15) is 0 Å². The van der Waals surface area contributed by atoms with Gasteiger partial charge in [0.05, 0.1) is 19.3 Å². The first kappa shape index (κ1) is 17.0. The largest absolute Gasteiger partial charge is 0.495 e. The van der Waals surface area contributed by atoms with Crippen LogP contribution in [0.2, 0.25) is 5.02 Å². The maximum absolute atomic E-state index is 13.1. The van der Waals surface area contributed by atoms with Gasteiger partial charge in [-0.3, -0.25) is 4.79 Å². The number of aryl methyl sites for hydroxylation is 1. The first-order valence-corrected chi connectivity index (χ1v) is 7.11. The molecule has 0 spiro atoms. The number of carbonyl (C=O) groups is 1. The Morgan fingerprint density at radius 2 is 1.83 bits per heavy atom. The Labute approximate surface area is 137 Å². The fourth-order valence-corrected chi connectivity index (χ4v) is 2.12. The van der Waals surface area contributed by atoms with Crippen LogP contribution in [-0.4, -0.2) is 19.6 Å². The summed E-state index contributed by atoms with van der Waals surface area (Å²) >= 11 is 6.00. The Balaban J connectivity index is 2.04. The molecular formula is C16H15ClF2N2O2. The lowest BCUT2D eigenvalue weighted by atomic mass is 10.2. The van der Waals surface area contributed by atoms with Crippen LogP contribution in [0.1, 0.15) is 5.56 Å². The lowest BCUT2D eigenvalue weighted by Crippen LogP contribution is -2.22. The predicted octanol–water partition coefficient (Wildman–Crippen LogP) is 3.99. The number of anilines is 2. The van der Waals surface area contributed by atoms with Crippen molar-refractivity contribution in [3.8, 4) is 5.75 Å². The van der Waals surface area contributed by atoms with E-state index in [0.717, 1.165) is 23.8 Å². The van der Waals surface area contributed by atoms with Gasteiger partial charge in [0.1, 0.15) is 17.4 Å². The van der Waals surface area contributed by atoms with E-state index in [9.17, 15) is 13.6 Å². The van der Waals surface area contributed by atoms with Crippen LogP contribution in [0.4, 0.5) is 20.2 Å². The summed E-state index contributed by atoms with van der Waals surface area (Å²) in [5, 5.41) is 5.83. The van der Waals surface area contributed by atoms with Crippen LogP contribution < -0.4 is 15.4 Å². The third-order valence-electron chi connectivity index (χ3n) is 3.07. The Kier molecular flexibility index (Phi) is 5.39. The van der Waals surface area contributed by atoms with Gasteiger partial charge in [-0.15, -0.1) is 0 Å². The SMILES string of the molecule is COc1cc(Cl)c(C)cc1NC(=O)CNc1cc(F)cc(F)c1. The van der Waals surface area contributed by atoms with E-state index in [-0.39, 0.29) is 12.2 Å². The molecule has 0 saturated heterocycles. The predicted molar refractivity (Wildman–Crippen MR) is 86.2 cm³/mol. The van der Waals surface area contributed by atoms with Gasteiger partial charge in [-0.25, -0.2) is 8.78 Å². The van der Waals surface area contributed by atoms with Crippen molar-refractivity contribution < 1.29 is 18.3 Å². The second kappa shape index (κ2) is 7.28. The number of ether oxygens (including phenoxy) is 1. The van der Waals surface area contributed by atoms with E-state index < -0.39 is 17.5 Å². The molecule has 0 unspecified atom stereocenters. The topological polar surface area (TPSA) is 50.4 Å². The minimum atomic E-state index is -0.720. The van der Waals surface area contributed by atoms with E-state index in [1.165, 1.54) is 7.11 Å². The standard InChI is InChI=1S/C16H15ClF2N2O2/c1-9-3-14(15(23-2)7-13(9)17)21-16(22)8-20-12-5-10(18)4-11(19)6-12/h3-7,20H,8H2,1-2H3,(H,21,22). The fourth-order valence-electron chi connectivity index (χ4n) is 1.96. The summed E-state index contributed by atoms with van der Waals surface area (Å²) in [6.45, 7) is 1.64. The number of carbonyl (C=O) groups excluding carboxylic acids is 1. The number of halogens is 3. The van der Waals surface area contributed by atoms with Crippen molar-refractivity contribution in [1.29, 1.82) is 0 Å². The van der Waals surface area contributed by atoms with Crippen LogP contribution in [0.5, 0.6) is 5.75 Å². The highest BCUT2D eigenvalue weighted by molar-refractivity contribution is 6.31. The van der Waals surface area contributed by atoms with Crippen molar-refractivity contribution in [1.82, 2.24) is 0 Å². The van der Waals surface area contributed by atoms with Crippen molar-refractivity contribution in [3.63, 3.8) is 0 Å². The molecule has 2 aromatic rings. The van der Waals surface area contributed by atoms with Gasteiger partial charge in [0.2, 0.25) is 5.91 Å². The van der Waals surface area contributed by atoms with Crippen LogP contribution in [0.15, 0.2) is 30.3 Å². The third kappa shape index (κ3) is 4.56. The Morgan fingerprint density at radius 1 is 1.17 bits per heavy atom. The number of amides is 1. The zero-order valence-corrected chi connectivity index (χ0v) is 13.3. The fraction of sp³-hybridized carbons (Fsp3) is 0.188. The summed E-state index contributed by atoms with van der Waals surface area (Å²) in [4.78, 5) is 12.0. The molecule has 0 bridgehead atoms. The molecule has 0 aromatic heterocycles. The number of benzene rings is 2. The van der Waals surface area contributed by atoms with Gasteiger partial charge in [0, 0.05) is 22.8 Å². The summed E-state index contributed by atoms with van der Waals surface area (Å²) in [6.07, 6.45) is 0. The maximum Gasteiger partial charge on any atom is 0.243 e. The molecule has 2 rings (SSSR count). The van der Waals surface area contributed by atoms with E-state index in [1.807, 2.05) is 0 Å². The van der Waals surface area contributed by atoms with E-state index in [2.05, 4.69) is 10.6 Å². The van der Waals surface area contributed by atoms with Crippen LogP contribution in [0, 0.1) is 18.6 Å². The monoisotopic (exact) mass is 340 g/mol. The lowest BCUT2D eigenvalue weighted by Gasteiger charge is -2.13.